The fraction of sp³-hybridized carbons (Fsp3) is 0.650. The van der Waals surface area contributed by atoms with Crippen molar-refractivity contribution in [1.29, 1.82) is 0 Å². The van der Waals surface area contributed by atoms with Gasteiger partial charge >= 0.3 is 5.97 Å². The number of nitrogens with one attached hydrogen (secondary N) is 1. The Bertz CT molecular complexity index is 479. The zero-order valence-electron chi connectivity index (χ0n) is 15.6. The Morgan fingerprint density at radius 1 is 1.17 bits per heavy atom. The maximum atomic E-state index is 10.9. The van der Waals surface area contributed by atoms with E-state index in [4.69, 9.17) is 4.74 Å². The van der Waals surface area contributed by atoms with Gasteiger partial charge in [0.2, 0.25) is 0 Å². The van der Waals surface area contributed by atoms with E-state index >= 15 is 0 Å². The molecule has 2 atom stereocenters. The second-order valence-electron chi connectivity index (χ2n) is 7.32. The molecule has 0 aromatic heterocycles. The van der Waals surface area contributed by atoms with E-state index in [1.807, 2.05) is 6.92 Å². The first-order valence-electron chi connectivity index (χ1n) is 8.72. The standard InChI is InChI=1S/C20H33NO2/c1-7-20(5,6)19-10-8-18(9-11-19)12-15(2)13-21-14-16(3)23-17(4)22/h8-11,15-16,21H,7,12-14H2,1-6H3. The van der Waals surface area contributed by atoms with Crippen LogP contribution in [0.5, 0.6) is 0 Å². The van der Waals surface area contributed by atoms with Crippen molar-refractivity contribution in [2.75, 3.05) is 13.1 Å². The zero-order chi connectivity index (χ0) is 17.5. The molecule has 1 rings (SSSR count). The first-order valence-corrected chi connectivity index (χ1v) is 8.72. The van der Waals surface area contributed by atoms with Gasteiger partial charge in [0, 0.05) is 13.5 Å². The van der Waals surface area contributed by atoms with E-state index in [9.17, 15) is 4.79 Å². The van der Waals surface area contributed by atoms with E-state index in [2.05, 4.69) is 57.3 Å². The monoisotopic (exact) mass is 319 g/mol. The van der Waals surface area contributed by atoms with Crippen LogP contribution in [0.1, 0.15) is 59.1 Å². The van der Waals surface area contributed by atoms with Crippen molar-refractivity contribution in [3.05, 3.63) is 35.4 Å². The summed E-state index contributed by atoms with van der Waals surface area (Å²) in [5.41, 5.74) is 3.03. The van der Waals surface area contributed by atoms with Gasteiger partial charge < -0.3 is 10.1 Å². The highest BCUT2D eigenvalue weighted by atomic mass is 16.5. The molecule has 0 aliphatic heterocycles. The van der Waals surface area contributed by atoms with Crippen LogP contribution in [0.4, 0.5) is 0 Å². The lowest BCUT2D eigenvalue weighted by atomic mass is 9.82. The minimum absolute atomic E-state index is 0.0738. The van der Waals surface area contributed by atoms with E-state index in [0.29, 0.717) is 12.5 Å². The van der Waals surface area contributed by atoms with Crippen molar-refractivity contribution in [2.45, 2.75) is 65.9 Å². The summed E-state index contributed by atoms with van der Waals surface area (Å²) in [7, 11) is 0. The molecule has 0 spiro atoms. The van der Waals surface area contributed by atoms with E-state index in [1.54, 1.807) is 0 Å². The van der Waals surface area contributed by atoms with Crippen molar-refractivity contribution in [3.63, 3.8) is 0 Å². The molecule has 0 aliphatic rings. The molecule has 0 aliphatic carbocycles. The average Bonchev–Trinajstić information content (AvgIpc) is 2.47. The minimum Gasteiger partial charge on any atom is -0.462 e. The van der Waals surface area contributed by atoms with Crippen molar-refractivity contribution < 1.29 is 9.53 Å². The van der Waals surface area contributed by atoms with Crippen LogP contribution in [-0.2, 0) is 21.4 Å². The Morgan fingerprint density at radius 2 is 1.78 bits per heavy atom. The summed E-state index contributed by atoms with van der Waals surface area (Å²) in [6.07, 6.45) is 2.13. The van der Waals surface area contributed by atoms with E-state index in [-0.39, 0.29) is 17.5 Å². The van der Waals surface area contributed by atoms with Crippen LogP contribution < -0.4 is 5.32 Å². The second kappa shape index (κ2) is 9.07. The topological polar surface area (TPSA) is 38.3 Å². The number of hydrogen-bond donors (Lipinski definition) is 1. The predicted molar refractivity (Wildman–Crippen MR) is 96.7 cm³/mol. The molecule has 0 saturated carbocycles. The number of ether oxygens (including phenoxy) is 1. The summed E-state index contributed by atoms with van der Waals surface area (Å²) < 4.78 is 5.10. The van der Waals surface area contributed by atoms with Crippen LogP contribution in [0, 0.1) is 5.92 Å². The molecule has 0 radical (unpaired) electrons. The summed E-state index contributed by atoms with van der Waals surface area (Å²) in [5.74, 6) is 0.326. The van der Waals surface area contributed by atoms with Crippen LogP contribution in [0.25, 0.3) is 0 Å². The Morgan fingerprint density at radius 3 is 2.30 bits per heavy atom. The van der Waals surface area contributed by atoms with Crippen LogP contribution >= 0.6 is 0 Å². The zero-order valence-corrected chi connectivity index (χ0v) is 15.6. The Kier molecular flexibility index (Phi) is 7.77. The third-order valence-corrected chi connectivity index (χ3v) is 4.50. The third-order valence-electron chi connectivity index (χ3n) is 4.50. The summed E-state index contributed by atoms with van der Waals surface area (Å²) in [4.78, 5) is 10.9. The minimum atomic E-state index is -0.220. The van der Waals surface area contributed by atoms with Crippen molar-refractivity contribution in [2.24, 2.45) is 5.92 Å². The smallest absolute Gasteiger partial charge is 0.302 e. The van der Waals surface area contributed by atoms with Crippen molar-refractivity contribution in [1.82, 2.24) is 5.32 Å². The maximum absolute atomic E-state index is 10.9. The largest absolute Gasteiger partial charge is 0.462 e. The van der Waals surface area contributed by atoms with Gasteiger partial charge in [0.15, 0.2) is 0 Å². The van der Waals surface area contributed by atoms with E-state index in [1.165, 1.54) is 18.1 Å². The van der Waals surface area contributed by atoms with Gasteiger partial charge in [-0.2, -0.15) is 0 Å². The lowest BCUT2D eigenvalue weighted by Crippen LogP contribution is -2.31. The van der Waals surface area contributed by atoms with Crippen LogP contribution in [0.3, 0.4) is 0 Å². The number of benzene rings is 1. The van der Waals surface area contributed by atoms with E-state index in [0.717, 1.165) is 19.4 Å². The molecule has 1 aromatic rings. The van der Waals surface area contributed by atoms with Crippen molar-refractivity contribution in [3.8, 4) is 0 Å². The van der Waals surface area contributed by atoms with Crippen LogP contribution in [0.2, 0.25) is 0 Å². The maximum Gasteiger partial charge on any atom is 0.302 e. The molecule has 0 bridgehead atoms. The number of carbonyl (C=O) groups is 1. The Labute approximate surface area is 141 Å². The first-order chi connectivity index (χ1) is 10.7. The summed E-state index contributed by atoms with van der Waals surface area (Å²) in [6.45, 7) is 14.0. The van der Waals surface area contributed by atoms with Crippen molar-refractivity contribution >= 4 is 5.97 Å². The highest BCUT2D eigenvalue weighted by Crippen LogP contribution is 2.27. The molecule has 0 heterocycles. The van der Waals surface area contributed by atoms with Gasteiger partial charge in [0.05, 0.1) is 0 Å². The third kappa shape index (κ3) is 7.17. The lowest BCUT2D eigenvalue weighted by Gasteiger charge is -2.23. The fourth-order valence-electron chi connectivity index (χ4n) is 2.63. The molecular formula is C20H33NO2. The highest BCUT2D eigenvalue weighted by Gasteiger charge is 2.17. The Balaban J connectivity index is 2.40. The molecular weight excluding hydrogens is 286 g/mol. The van der Waals surface area contributed by atoms with Gasteiger partial charge in [0.25, 0.3) is 0 Å². The molecule has 0 saturated heterocycles. The summed E-state index contributed by atoms with van der Waals surface area (Å²) in [6, 6.07) is 9.04. The quantitative estimate of drug-likeness (QED) is 0.697. The van der Waals surface area contributed by atoms with Gasteiger partial charge in [-0.05, 0) is 48.8 Å². The molecule has 23 heavy (non-hydrogen) atoms. The molecule has 0 fully saturated rings. The van der Waals surface area contributed by atoms with Gasteiger partial charge in [-0.1, -0.05) is 52.0 Å². The SMILES string of the molecule is CCC(C)(C)c1ccc(CC(C)CNCC(C)OC(C)=O)cc1. The van der Waals surface area contributed by atoms with Gasteiger partial charge in [-0.25, -0.2) is 0 Å². The fourth-order valence-corrected chi connectivity index (χ4v) is 2.63. The predicted octanol–water partition coefficient (Wildman–Crippen LogP) is 4.09. The lowest BCUT2D eigenvalue weighted by molar-refractivity contribution is -0.145. The average molecular weight is 319 g/mol. The number of carbonyl (C=O) groups excluding carboxylic acids is 1. The van der Waals surface area contributed by atoms with Gasteiger partial charge in [-0.3, -0.25) is 4.79 Å². The normalized spacial score (nSPS) is 14.3. The summed E-state index contributed by atoms with van der Waals surface area (Å²) >= 11 is 0. The first kappa shape index (κ1) is 19.7. The summed E-state index contributed by atoms with van der Waals surface area (Å²) in [5, 5.41) is 3.38. The number of rotatable bonds is 9. The molecule has 0 amide bonds. The van der Waals surface area contributed by atoms with Crippen LogP contribution in [0.15, 0.2) is 24.3 Å². The molecule has 130 valence electrons. The molecule has 3 heteroatoms. The highest BCUT2D eigenvalue weighted by molar-refractivity contribution is 5.66. The number of esters is 1. The van der Waals surface area contributed by atoms with Crippen LogP contribution in [-0.4, -0.2) is 25.2 Å². The molecule has 1 N–H and O–H groups in total. The molecule has 3 nitrogen and oxygen atoms in total. The molecule has 1 aromatic carbocycles. The number of hydrogen-bond acceptors (Lipinski definition) is 3. The molecule has 2 unspecified atom stereocenters. The van der Waals surface area contributed by atoms with Gasteiger partial charge in [0.1, 0.15) is 6.10 Å². The van der Waals surface area contributed by atoms with E-state index < -0.39 is 0 Å². The Hall–Kier alpha value is -1.35. The second-order valence-corrected chi connectivity index (χ2v) is 7.32. The van der Waals surface area contributed by atoms with Gasteiger partial charge in [-0.15, -0.1) is 0 Å².